The van der Waals surface area contributed by atoms with Crippen molar-refractivity contribution in [2.45, 2.75) is 11.8 Å². The maximum absolute atomic E-state index is 13.6. The quantitative estimate of drug-likeness (QED) is 0.546. The summed E-state index contributed by atoms with van der Waals surface area (Å²) >= 11 is 3.30. The Morgan fingerprint density at radius 2 is 1.44 bits per heavy atom. The van der Waals surface area contributed by atoms with Crippen molar-refractivity contribution >= 4 is 15.9 Å². The number of benzene rings is 2. The standard InChI is InChI=1S/C14H10BrF3/c1-8-2-4-9(5-3-8)14(15)10-6-12(17)13(18)7-11(10)16/h2-7,14H,1H3. The Hall–Kier alpha value is -1.29. The van der Waals surface area contributed by atoms with Crippen molar-refractivity contribution in [1.82, 2.24) is 0 Å². The molecule has 0 aliphatic heterocycles. The third-order valence-electron chi connectivity index (χ3n) is 2.68. The molecule has 94 valence electrons. The van der Waals surface area contributed by atoms with E-state index in [-0.39, 0.29) is 5.56 Å². The summed E-state index contributed by atoms with van der Waals surface area (Å²) in [5, 5.41) is 0. The minimum atomic E-state index is -1.18. The summed E-state index contributed by atoms with van der Waals surface area (Å²) in [5.74, 6) is -3.00. The molecule has 0 N–H and O–H groups in total. The Labute approximate surface area is 112 Å². The van der Waals surface area contributed by atoms with Crippen LogP contribution in [0.5, 0.6) is 0 Å². The fraction of sp³-hybridized carbons (Fsp3) is 0.143. The molecule has 0 aromatic heterocycles. The van der Waals surface area contributed by atoms with Crippen molar-refractivity contribution in [3.8, 4) is 0 Å². The number of rotatable bonds is 2. The summed E-state index contributed by atoms with van der Waals surface area (Å²) in [6.07, 6.45) is 0. The second-order valence-electron chi connectivity index (χ2n) is 4.06. The molecule has 0 bridgehead atoms. The van der Waals surface area contributed by atoms with E-state index < -0.39 is 22.3 Å². The molecule has 18 heavy (non-hydrogen) atoms. The van der Waals surface area contributed by atoms with Crippen LogP contribution in [0.25, 0.3) is 0 Å². The Morgan fingerprint density at radius 3 is 2.06 bits per heavy atom. The molecule has 0 heterocycles. The van der Waals surface area contributed by atoms with Gasteiger partial charge in [-0.2, -0.15) is 0 Å². The summed E-state index contributed by atoms with van der Waals surface area (Å²) < 4.78 is 39.6. The second kappa shape index (κ2) is 5.14. The fourth-order valence-electron chi connectivity index (χ4n) is 1.65. The lowest BCUT2D eigenvalue weighted by Gasteiger charge is -2.12. The largest absolute Gasteiger partial charge is 0.207 e. The van der Waals surface area contributed by atoms with Crippen molar-refractivity contribution in [1.29, 1.82) is 0 Å². The third-order valence-corrected chi connectivity index (χ3v) is 3.70. The molecule has 0 saturated carbocycles. The van der Waals surface area contributed by atoms with Crippen LogP contribution in [0, 0.1) is 24.4 Å². The maximum Gasteiger partial charge on any atom is 0.161 e. The lowest BCUT2D eigenvalue weighted by Crippen LogP contribution is -1.99. The monoisotopic (exact) mass is 314 g/mol. The van der Waals surface area contributed by atoms with Crippen LogP contribution in [0.2, 0.25) is 0 Å². The SMILES string of the molecule is Cc1ccc(C(Br)c2cc(F)c(F)cc2F)cc1. The smallest absolute Gasteiger partial charge is 0.161 e. The Balaban J connectivity index is 2.42. The molecular weight excluding hydrogens is 305 g/mol. The highest BCUT2D eigenvalue weighted by molar-refractivity contribution is 9.09. The topological polar surface area (TPSA) is 0 Å². The third kappa shape index (κ3) is 2.58. The lowest BCUT2D eigenvalue weighted by atomic mass is 10.0. The van der Waals surface area contributed by atoms with Crippen LogP contribution in [0.1, 0.15) is 21.5 Å². The van der Waals surface area contributed by atoms with Crippen LogP contribution in [-0.2, 0) is 0 Å². The summed E-state index contributed by atoms with van der Waals surface area (Å²) in [5.41, 5.74) is 1.94. The van der Waals surface area contributed by atoms with Gasteiger partial charge in [-0.25, -0.2) is 13.2 Å². The van der Waals surface area contributed by atoms with E-state index in [4.69, 9.17) is 0 Å². The first-order valence-electron chi connectivity index (χ1n) is 5.34. The summed E-state index contributed by atoms with van der Waals surface area (Å²) in [4.78, 5) is -0.506. The molecule has 0 spiro atoms. The summed E-state index contributed by atoms with van der Waals surface area (Å²) in [6, 6.07) is 8.82. The molecule has 0 radical (unpaired) electrons. The zero-order valence-corrected chi connectivity index (χ0v) is 11.1. The van der Waals surface area contributed by atoms with Crippen LogP contribution in [-0.4, -0.2) is 0 Å². The Kier molecular flexibility index (Phi) is 3.76. The van der Waals surface area contributed by atoms with E-state index in [1.54, 1.807) is 0 Å². The van der Waals surface area contributed by atoms with E-state index in [1.807, 2.05) is 31.2 Å². The van der Waals surface area contributed by atoms with Crippen LogP contribution < -0.4 is 0 Å². The molecule has 0 amide bonds. The van der Waals surface area contributed by atoms with Crippen molar-refractivity contribution in [3.05, 3.63) is 70.5 Å². The zero-order chi connectivity index (χ0) is 13.3. The molecule has 1 unspecified atom stereocenters. The van der Waals surface area contributed by atoms with E-state index in [0.29, 0.717) is 6.07 Å². The van der Waals surface area contributed by atoms with Gasteiger partial charge in [-0.3, -0.25) is 0 Å². The Bertz CT molecular complexity index is 564. The molecule has 2 aromatic carbocycles. The van der Waals surface area contributed by atoms with Gasteiger partial charge in [0, 0.05) is 11.6 Å². The maximum atomic E-state index is 13.6. The van der Waals surface area contributed by atoms with Gasteiger partial charge in [0.25, 0.3) is 0 Å². The van der Waals surface area contributed by atoms with Gasteiger partial charge in [0.1, 0.15) is 5.82 Å². The Morgan fingerprint density at radius 1 is 0.889 bits per heavy atom. The van der Waals surface area contributed by atoms with Gasteiger partial charge in [-0.1, -0.05) is 45.8 Å². The number of aryl methyl sites for hydroxylation is 1. The van der Waals surface area contributed by atoms with E-state index in [2.05, 4.69) is 15.9 Å². The molecule has 4 heteroatoms. The van der Waals surface area contributed by atoms with Gasteiger partial charge < -0.3 is 0 Å². The lowest BCUT2D eigenvalue weighted by molar-refractivity contribution is 0.491. The minimum absolute atomic E-state index is 0.0813. The highest BCUT2D eigenvalue weighted by atomic mass is 79.9. The van der Waals surface area contributed by atoms with Crippen molar-refractivity contribution in [2.75, 3.05) is 0 Å². The molecule has 1 atom stereocenters. The number of halogens is 4. The fourth-order valence-corrected chi connectivity index (χ4v) is 2.30. The molecule has 0 fully saturated rings. The second-order valence-corrected chi connectivity index (χ2v) is 4.98. The summed E-state index contributed by atoms with van der Waals surface area (Å²) in [6.45, 7) is 1.94. The summed E-state index contributed by atoms with van der Waals surface area (Å²) in [7, 11) is 0. The van der Waals surface area contributed by atoms with Crippen LogP contribution in [0.3, 0.4) is 0 Å². The van der Waals surface area contributed by atoms with E-state index in [9.17, 15) is 13.2 Å². The minimum Gasteiger partial charge on any atom is -0.207 e. The van der Waals surface area contributed by atoms with E-state index >= 15 is 0 Å². The van der Waals surface area contributed by atoms with Crippen LogP contribution in [0.4, 0.5) is 13.2 Å². The normalized spacial score (nSPS) is 12.5. The van der Waals surface area contributed by atoms with Gasteiger partial charge in [0.05, 0.1) is 4.83 Å². The van der Waals surface area contributed by atoms with Crippen LogP contribution >= 0.6 is 15.9 Å². The predicted molar refractivity (Wildman–Crippen MR) is 68.3 cm³/mol. The van der Waals surface area contributed by atoms with Crippen molar-refractivity contribution in [3.63, 3.8) is 0 Å². The molecule has 2 rings (SSSR count). The molecular formula is C14H10BrF3. The zero-order valence-electron chi connectivity index (χ0n) is 9.55. The highest BCUT2D eigenvalue weighted by Crippen LogP contribution is 2.33. The van der Waals surface area contributed by atoms with E-state index in [0.717, 1.165) is 17.2 Å². The van der Waals surface area contributed by atoms with Gasteiger partial charge in [0.2, 0.25) is 0 Å². The van der Waals surface area contributed by atoms with Crippen molar-refractivity contribution < 1.29 is 13.2 Å². The number of hydrogen-bond donors (Lipinski definition) is 0. The highest BCUT2D eigenvalue weighted by Gasteiger charge is 2.18. The van der Waals surface area contributed by atoms with Crippen molar-refractivity contribution in [2.24, 2.45) is 0 Å². The average Bonchev–Trinajstić information content (AvgIpc) is 2.34. The molecule has 0 saturated heterocycles. The molecule has 0 aliphatic rings. The van der Waals surface area contributed by atoms with Gasteiger partial charge in [0.15, 0.2) is 11.6 Å². The number of hydrogen-bond acceptors (Lipinski definition) is 0. The molecule has 0 aliphatic carbocycles. The first-order chi connectivity index (χ1) is 8.49. The van der Waals surface area contributed by atoms with Gasteiger partial charge >= 0.3 is 0 Å². The first-order valence-corrected chi connectivity index (χ1v) is 6.25. The van der Waals surface area contributed by atoms with Gasteiger partial charge in [-0.05, 0) is 18.6 Å². The molecule has 2 aromatic rings. The predicted octanol–water partition coefficient (Wildman–Crippen LogP) is 4.90. The first kappa shape index (κ1) is 13.1. The van der Waals surface area contributed by atoms with Crippen LogP contribution in [0.15, 0.2) is 36.4 Å². The molecule has 0 nitrogen and oxygen atoms in total. The average molecular weight is 315 g/mol. The van der Waals surface area contributed by atoms with E-state index in [1.165, 1.54) is 0 Å². The number of alkyl halides is 1. The van der Waals surface area contributed by atoms with Gasteiger partial charge in [-0.15, -0.1) is 0 Å².